The van der Waals surface area contributed by atoms with Crippen LogP contribution < -0.4 is 0 Å². The van der Waals surface area contributed by atoms with E-state index in [1.54, 1.807) is 0 Å². The normalized spacial score (nSPS) is 13.4. The van der Waals surface area contributed by atoms with Crippen molar-refractivity contribution in [3.05, 3.63) is 0 Å². The number of hydrogen-bond donors (Lipinski definition) is 0. The number of rotatable bonds is 12. The second-order valence-electron chi connectivity index (χ2n) is 7.36. The van der Waals surface area contributed by atoms with E-state index in [2.05, 4.69) is 67.4 Å². The quantitative estimate of drug-likeness (QED) is 0.448. The molecule has 3 heteroatoms. The largest absolute Gasteiger partial charge is 0.296 e. The lowest BCUT2D eigenvalue weighted by Gasteiger charge is -2.53. The molecule has 0 aromatic heterocycles. The van der Waals surface area contributed by atoms with Crippen molar-refractivity contribution in [2.24, 2.45) is 0 Å². The van der Waals surface area contributed by atoms with Crippen molar-refractivity contribution in [1.29, 1.82) is 0 Å². The van der Waals surface area contributed by atoms with Crippen LogP contribution in [0.5, 0.6) is 0 Å². The van der Waals surface area contributed by atoms with Crippen molar-refractivity contribution < 1.29 is 0 Å². The van der Waals surface area contributed by atoms with E-state index in [0.717, 1.165) is 6.54 Å². The first-order valence-electron chi connectivity index (χ1n) is 9.03. The van der Waals surface area contributed by atoms with Gasteiger partial charge in [-0.3, -0.25) is 9.57 Å². The molecule has 0 aromatic carbocycles. The van der Waals surface area contributed by atoms with E-state index in [1.165, 1.54) is 51.6 Å². The third-order valence-corrected chi connectivity index (χ3v) is 6.23. The van der Waals surface area contributed by atoms with Gasteiger partial charge < -0.3 is 0 Å². The van der Waals surface area contributed by atoms with E-state index in [9.17, 15) is 0 Å². The third kappa shape index (κ3) is 6.16. The van der Waals surface area contributed by atoms with E-state index in [0.29, 0.717) is 0 Å². The summed E-state index contributed by atoms with van der Waals surface area (Å²) in [6.45, 7) is 20.1. The maximum absolute atomic E-state index is 2.99. The second kappa shape index (κ2) is 10.2. The van der Waals surface area contributed by atoms with E-state index in [1.807, 2.05) is 0 Å². The van der Waals surface area contributed by atoms with Gasteiger partial charge in [0.05, 0.1) is 0 Å². The fourth-order valence-corrected chi connectivity index (χ4v) is 3.21. The van der Waals surface area contributed by atoms with Gasteiger partial charge in [0, 0.05) is 17.6 Å². The average molecular weight is 317 g/mol. The standard InChI is InChI=1S/C18H41N2P/c1-8-11-14-19(15-12-9-2)17(4,5)18(6,7)20(21)16-13-10-3/h8-16,21H2,1-7H3. The van der Waals surface area contributed by atoms with Crippen molar-refractivity contribution in [2.75, 3.05) is 19.6 Å². The highest BCUT2D eigenvalue weighted by atomic mass is 31.0. The molecule has 0 bridgehead atoms. The third-order valence-electron chi connectivity index (χ3n) is 5.32. The average Bonchev–Trinajstić information content (AvgIpc) is 2.44. The van der Waals surface area contributed by atoms with Crippen LogP contribution >= 0.6 is 9.39 Å². The molecule has 21 heavy (non-hydrogen) atoms. The van der Waals surface area contributed by atoms with Crippen LogP contribution in [-0.2, 0) is 0 Å². The van der Waals surface area contributed by atoms with Crippen LogP contribution in [0, 0.1) is 0 Å². The highest BCUT2D eigenvalue weighted by Crippen LogP contribution is 2.36. The lowest BCUT2D eigenvalue weighted by Crippen LogP contribution is -2.63. The van der Waals surface area contributed by atoms with Crippen molar-refractivity contribution in [2.45, 2.75) is 98.1 Å². The predicted octanol–water partition coefficient (Wildman–Crippen LogP) is 5.34. The summed E-state index contributed by atoms with van der Waals surface area (Å²) < 4.78 is 2.49. The summed E-state index contributed by atoms with van der Waals surface area (Å²) in [5.74, 6) is 0. The Labute approximate surface area is 137 Å². The molecule has 0 aliphatic rings. The van der Waals surface area contributed by atoms with Crippen LogP contribution in [0.25, 0.3) is 0 Å². The van der Waals surface area contributed by atoms with Gasteiger partial charge in [0.15, 0.2) is 0 Å². The number of unbranched alkanes of at least 4 members (excludes halogenated alkanes) is 3. The molecule has 0 fully saturated rings. The lowest BCUT2D eigenvalue weighted by atomic mass is 9.80. The second-order valence-corrected chi connectivity index (χ2v) is 7.98. The Morgan fingerprint density at radius 1 is 0.667 bits per heavy atom. The van der Waals surface area contributed by atoms with Crippen LogP contribution in [0.1, 0.15) is 87.0 Å². The van der Waals surface area contributed by atoms with Crippen molar-refractivity contribution in [3.8, 4) is 0 Å². The SMILES string of the molecule is CCCCN(P)C(C)(C)C(C)(C)N(CCCC)CCCC. The first kappa shape index (κ1) is 21.4. The molecule has 0 rings (SSSR count). The summed E-state index contributed by atoms with van der Waals surface area (Å²) >= 11 is 0. The zero-order valence-electron chi connectivity index (χ0n) is 15.8. The topological polar surface area (TPSA) is 6.48 Å². The van der Waals surface area contributed by atoms with Gasteiger partial charge in [0.1, 0.15) is 0 Å². The van der Waals surface area contributed by atoms with Gasteiger partial charge in [-0.2, -0.15) is 0 Å². The minimum Gasteiger partial charge on any atom is -0.296 e. The molecule has 128 valence electrons. The van der Waals surface area contributed by atoms with Gasteiger partial charge in [-0.1, -0.05) is 49.4 Å². The minimum absolute atomic E-state index is 0.147. The first-order valence-corrected chi connectivity index (χ1v) is 9.54. The Hall–Kier alpha value is 0.350. The first-order chi connectivity index (χ1) is 9.75. The van der Waals surface area contributed by atoms with Crippen LogP contribution in [0.2, 0.25) is 0 Å². The van der Waals surface area contributed by atoms with Gasteiger partial charge in [0.25, 0.3) is 0 Å². The molecule has 0 N–H and O–H groups in total. The van der Waals surface area contributed by atoms with Gasteiger partial charge in [-0.05, 0) is 60.0 Å². The highest BCUT2D eigenvalue weighted by molar-refractivity contribution is 7.13. The molecule has 0 aromatic rings. The Kier molecular flexibility index (Phi) is 10.4. The Balaban J connectivity index is 5.02. The van der Waals surface area contributed by atoms with Gasteiger partial charge in [-0.25, -0.2) is 0 Å². The van der Waals surface area contributed by atoms with E-state index in [-0.39, 0.29) is 11.1 Å². The summed E-state index contributed by atoms with van der Waals surface area (Å²) in [6, 6.07) is 0. The zero-order chi connectivity index (χ0) is 16.5. The molecular formula is C18H41N2P. The summed E-state index contributed by atoms with van der Waals surface area (Å²) in [7, 11) is 2.99. The molecule has 0 aliphatic carbocycles. The van der Waals surface area contributed by atoms with Crippen LogP contribution in [0.4, 0.5) is 0 Å². The molecule has 0 spiro atoms. The fraction of sp³-hybridized carbons (Fsp3) is 1.00. The van der Waals surface area contributed by atoms with Crippen LogP contribution in [0.3, 0.4) is 0 Å². The summed E-state index contributed by atoms with van der Waals surface area (Å²) in [4.78, 5) is 2.73. The monoisotopic (exact) mass is 316 g/mol. The summed E-state index contributed by atoms with van der Waals surface area (Å²) in [5, 5.41) is 0. The predicted molar refractivity (Wildman–Crippen MR) is 101 cm³/mol. The number of nitrogens with zero attached hydrogens (tertiary/aromatic N) is 2. The van der Waals surface area contributed by atoms with Crippen molar-refractivity contribution in [3.63, 3.8) is 0 Å². The number of hydrogen-bond acceptors (Lipinski definition) is 2. The van der Waals surface area contributed by atoms with E-state index in [4.69, 9.17) is 0 Å². The van der Waals surface area contributed by atoms with Crippen LogP contribution in [-0.4, -0.2) is 40.3 Å². The Bertz CT molecular complexity index is 256. The molecule has 1 atom stereocenters. The van der Waals surface area contributed by atoms with Gasteiger partial charge in [-0.15, -0.1) is 0 Å². The van der Waals surface area contributed by atoms with E-state index < -0.39 is 0 Å². The maximum atomic E-state index is 2.99. The lowest BCUT2D eigenvalue weighted by molar-refractivity contribution is 0.00167. The molecule has 0 amide bonds. The molecule has 2 nitrogen and oxygen atoms in total. The molecular weight excluding hydrogens is 275 g/mol. The molecule has 0 radical (unpaired) electrons. The minimum atomic E-state index is 0.147. The van der Waals surface area contributed by atoms with Crippen molar-refractivity contribution >= 4 is 9.39 Å². The van der Waals surface area contributed by atoms with Crippen LogP contribution in [0.15, 0.2) is 0 Å². The Morgan fingerprint density at radius 2 is 1.05 bits per heavy atom. The molecule has 0 aliphatic heterocycles. The van der Waals surface area contributed by atoms with Crippen molar-refractivity contribution in [1.82, 2.24) is 9.57 Å². The fourth-order valence-electron chi connectivity index (χ4n) is 2.72. The summed E-state index contributed by atoms with van der Waals surface area (Å²) in [6.07, 6.45) is 7.69. The Morgan fingerprint density at radius 3 is 1.43 bits per heavy atom. The smallest absolute Gasteiger partial charge is 0.0363 e. The molecule has 0 saturated heterocycles. The van der Waals surface area contributed by atoms with Gasteiger partial charge in [0.2, 0.25) is 0 Å². The maximum Gasteiger partial charge on any atom is 0.0363 e. The zero-order valence-corrected chi connectivity index (χ0v) is 17.0. The molecule has 1 unspecified atom stereocenters. The summed E-state index contributed by atoms with van der Waals surface area (Å²) in [5.41, 5.74) is 0.321. The van der Waals surface area contributed by atoms with Gasteiger partial charge >= 0.3 is 0 Å². The van der Waals surface area contributed by atoms with E-state index >= 15 is 0 Å². The highest BCUT2D eigenvalue weighted by Gasteiger charge is 2.43. The molecule has 0 heterocycles. The molecule has 0 saturated carbocycles.